The molecule has 2 fully saturated rings. The zero-order valence-electron chi connectivity index (χ0n) is 12.3. The van der Waals surface area contributed by atoms with E-state index in [9.17, 15) is 4.79 Å². The number of hydrogen-bond donors (Lipinski definition) is 0. The van der Waals surface area contributed by atoms with E-state index >= 15 is 0 Å². The number of ketones is 1. The van der Waals surface area contributed by atoms with Gasteiger partial charge in [0.2, 0.25) is 0 Å². The fourth-order valence-electron chi connectivity index (χ4n) is 3.40. The van der Waals surface area contributed by atoms with Gasteiger partial charge in [-0.2, -0.15) is 0 Å². The predicted molar refractivity (Wildman–Crippen MR) is 87.4 cm³/mol. The molecule has 2 heterocycles. The minimum Gasteiger partial charge on any atom is -0.294 e. The van der Waals surface area contributed by atoms with Crippen molar-refractivity contribution in [2.75, 3.05) is 19.6 Å². The summed E-state index contributed by atoms with van der Waals surface area (Å²) in [6, 6.07) is 7.74. The molecule has 0 spiro atoms. The van der Waals surface area contributed by atoms with E-state index in [0.29, 0.717) is 5.78 Å². The fourth-order valence-corrected chi connectivity index (χ4v) is 3.66. The van der Waals surface area contributed by atoms with E-state index in [4.69, 9.17) is 5.32 Å². The van der Waals surface area contributed by atoms with Gasteiger partial charge in [0.05, 0.1) is 6.17 Å². The molecule has 0 amide bonds. The Morgan fingerprint density at radius 3 is 2.57 bits per heavy atom. The second-order valence-electron chi connectivity index (χ2n) is 6.08. The van der Waals surface area contributed by atoms with Crippen LogP contribution in [0.2, 0.25) is 0 Å². The average molecular weight is 350 g/mol. The maximum atomic E-state index is 12.7. The molecule has 0 aliphatic carbocycles. The largest absolute Gasteiger partial charge is 0.294 e. The van der Waals surface area contributed by atoms with E-state index in [0.717, 1.165) is 42.5 Å². The molecule has 113 valence electrons. The standard InChI is InChI=1S/C17H22BrN2O/c18-15-6-4-13(5-7-15)17(21)14-8-9-19-16(12-14)20-10-2-1-3-11-20/h4-7,14,16H,1-3,8-12H2. The van der Waals surface area contributed by atoms with Gasteiger partial charge in [-0.1, -0.05) is 34.5 Å². The summed E-state index contributed by atoms with van der Waals surface area (Å²) < 4.78 is 1.02. The van der Waals surface area contributed by atoms with Crippen molar-refractivity contribution in [3.05, 3.63) is 34.3 Å². The van der Waals surface area contributed by atoms with Crippen LogP contribution in [0.1, 0.15) is 42.5 Å². The topological polar surface area (TPSA) is 34.4 Å². The van der Waals surface area contributed by atoms with Crippen LogP contribution in [0.5, 0.6) is 0 Å². The van der Waals surface area contributed by atoms with Crippen molar-refractivity contribution in [3.8, 4) is 0 Å². The molecule has 3 rings (SSSR count). The Morgan fingerprint density at radius 2 is 1.86 bits per heavy atom. The van der Waals surface area contributed by atoms with Crippen LogP contribution >= 0.6 is 15.9 Å². The highest BCUT2D eigenvalue weighted by molar-refractivity contribution is 9.10. The highest BCUT2D eigenvalue weighted by Gasteiger charge is 2.32. The first-order valence-electron chi connectivity index (χ1n) is 7.94. The Balaban J connectivity index is 1.64. The quantitative estimate of drug-likeness (QED) is 0.783. The molecule has 4 heteroatoms. The van der Waals surface area contributed by atoms with Crippen molar-refractivity contribution >= 4 is 21.7 Å². The van der Waals surface area contributed by atoms with E-state index in [2.05, 4.69) is 20.8 Å². The van der Waals surface area contributed by atoms with Crippen LogP contribution in [-0.2, 0) is 0 Å². The van der Waals surface area contributed by atoms with Gasteiger partial charge in [-0.3, -0.25) is 9.69 Å². The highest BCUT2D eigenvalue weighted by atomic mass is 79.9. The van der Waals surface area contributed by atoms with Gasteiger partial charge in [-0.05, 0) is 50.9 Å². The number of piperidine rings is 2. The first kappa shape index (κ1) is 15.2. The van der Waals surface area contributed by atoms with Crippen LogP contribution in [0.3, 0.4) is 0 Å². The molecule has 3 nitrogen and oxygen atoms in total. The maximum absolute atomic E-state index is 12.7. The summed E-state index contributed by atoms with van der Waals surface area (Å²) in [7, 11) is 0. The van der Waals surface area contributed by atoms with Crippen molar-refractivity contribution < 1.29 is 4.79 Å². The number of likely N-dealkylation sites (tertiary alicyclic amines) is 1. The van der Waals surface area contributed by atoms with Crippen LogP contribution in [0.25, 0.3) is 0 Å². The molecule has 2 saturated heterocycles. The van der Waals surface area contributed by atoms with Gasteiger partial charge >= 0.3 is 0 Å². The summed E-state index contributed by atoms with van der Waals surface area (Å²) in [5, 5.41) is 4.76. The van der Waals surface area contributed by atoms with Gasteiger partial charge in [-0.15, -0.1) is 0 Å². The van der Waals surface area contributed by atoms with Gasteiger partial charge in [0.1, 0.15) is 0 Å². The summed E-state index contributed by atoms with van der Waals surface area (Å²) in [6.45, 7) is 3.12. The second kappa shape index (κ2) is 7.03. The number of halogens is 1. The molecule has 0 saturated carbocycles. The minimum atomic E-state index is 0.135. The average Bonchev–Trinajstić information content (AvgIpc) is 2.56. The lowest BCUT2D eigenvalue weighted by molar-refractivity contribution is 0.0692. The Morgan fingerprint density at radius 1 is 1.14 bits per heavy atom. The van der Waals surface area contributed by atoms with Crippen LogP contribution in [0, 0.1) is 5.92 Å². The van der Waals surface area contributed by atoms with Gasteiger partial charge in [0.15, 0.2) is 5.78 Å². The molecule has 2 unspecified atom stereocenters. The number of hydrogen-bond acceptors (Lipinski definition) is 2. The van der Waals surface area contributed by atoms with Gasteiger partial charge in [0.25, 0.3) is 0 Å². The Kier molecular flexibility index (Phi) is 5.09. The normalized spacial score (nSPS) is 27.5. The van der Waals surface area contributed by atoms with Crippen molar-refractivity contribution in [2.45, 2.75) is 38.3 Å². The first-order valence-corrected chi connectivity index (χ1v) is 8.74. The Labute approximate surface area is 135 Å². The lowest BCUT2D eigenvalue weighted by Crippen LogP contribution is -2.49. The van der Waals surface area contributed by atoms with E-state index in [-0.39, 0.29) is 12.1 Å². The summed E-state index contributed by atoms with van der Waals surface area (Å²) >= 11 is 3.42. The van der Waals surface area contributed by atoms with E-state index < -0.39 is 0 Å². The molecule has 0 bridgehead atoms. The molecule has 1 aromatic carbocycles. The monoisotopic (exact) mass is 349 g/mol. The predicted octanol–water partition coefficient (Wildman–Crippen LogP) is 3.46. The van der Waals surface area contributed by atoms with Crippen molar-refractivity contribution in [2.24, 2.45) is 5.92 Å². The third-order valence-electron chi connectivity index (χ3n) is 4.62. The third-order valence-corrected chi connectivity index (χ3v) is 5.15. The van der Waals surface area contributed by atoms with E-state index in [1.807, 2.05) is 24.3 Å². The summed E-state index contributed by atoms with van der Waals surface area (Å²) in [6.07, 6.45) is 5.95. The minimum absolute atomic E-state index is 0.135. The second-order valence-corrected chi connectivity index (χ2v) is 6.99. The number of carbonyl (C=O) groups is 1. The van der Waals surface area contributed by atoms with Crippen LogP contribution in [-0.4, -0.2) is 36.5 Å². The lowest BCUT2D eigenvalue weighted by Gasteiger charge is -2.38. The number of nitrogens with zero attached hydrogens (tertiary/aromatic N) is 2. The summed E-state index contributed by atoms with van der Waals surface area (Å²) in [5.74, 6) is 0.426. The van der Waals surface area contributed by atoms with E-state index in [1.165, 1.54) is 19.3 Å². The van der Waals surface area contributed by atoms with Crippen molar-refractivity contribution in [3.63, 3.8) is 0 Å². The smallest absolute Gasteiger partial charge is 0.166 e. The summed E-state index contributed by atoms with van der Waals surface area (Å²) in [5.41, 5.74) is 0.836. The fraction of sp³-hybridized carbons (Fsp3) is 0.588. The SMILES string of the molecule is O=C(c1ccc(Br)cc1)C1CC[N]C(N2CCCCC2)C1. The third kappa shape index (κ3) is 3.74. The number of carbonyl (C=O) groups excluding carboxylic acids is 1. The molecule has 21 heavy (non-hydrogen) atoms. The van der Waals surface area contributed by atoms with Crippen LogP contribution < -0.4 is 5.32 Å². The maximum Gasteiger partial charge on any atom is 0.166 e. The van der Waals surface area contributed by atoms with Crippen LogP contribution in [0.15, 0.2) is 28.7 Å². The highest BCUT2D eigenvalue weighted by Crippen LogP contribution is 2.26. The number of rotatable bonds is 3. The van der Waals surface area contributed by atoms with Crippen LogP contribution in [0.4, 0.5) is 0 Å². The van der Waals surface area contributed by atoms with Crippen molar-refractivity contribution in [1.82, 2.24) is 10.2 Å². The molecule has 0 aromatic heterocycles. The molecule has 2 aliphatic rings. The van der Waals surface area contributed by atoms with E-state index in [1.54, 1.807) is 0 Å². The van der Waals surface area contributed by atoms with Crippen molar-refractivity contribution in [1.29, 1.82) is 0 Å². The summed E-state index contributed by atoms with van der Waals surface area (Å²) in [4.78, 5) is 15.1. The molecular weight excluding hydrogens is 328 g/mol. The Hall–Kier alpha value is -0.710. The zero-order valence-corrected chi connectivity index (χ0v) is 13.9. The first-order chi connectivity index (χ1) is 10.2. The van der Waals surface area contributed by atoms with Gasteiger partial charge < -0.3 is 0 Å². The Bertz CT molecular complexity index is 482. The molecular formula is C17H22BrN2O. The lowest BCUT2D eigenvalue weighted by atomic mass is 9.87. The molecule has 2 atom stereocenters. The molecule has 0 N–H and O–H groups in total. The number of Topliss-reactive ketones (excluding diaryl/α,β-unsaturated/α-hetero) is 1. The molecule has 1 radical (unpaired) electrons. The zero-order chi connectivity index (χ0) is 14.7. The molecule has 1 aromatic rings. The van der Waals surface area contributed by atoms with Gasteiger partial charge in [0, 0.05) is 22.5 Å². The van der Waals surface area contributed by atoms with Gasteiger partial charge in [-0.25, -0.2) is 5.32 Å². The number of benzene rings is 1. The molecule has 2 aliphatic heterocycles.